The van der Waals surface area contributed by atoms with Crippen molar-refractivity contribution in [2.45, 2.75) is 6.43 Å². The monoisotopic (exact) mass is 261 g/mol. The van der Waals surface area contributed by atoms with E-state index in [1.165, 1.54) is 6.07 Å². The van der Waals surface area contributed by atoms with Crippen LogP contribution in [0.5, 0.6) is 0 Å². The summed E-state index contributed by atoms with van der Waals surface area (Å²) in [5.74, 6) is 0. The molecule has 0 aromatic carbocycles. The largest absolute Gasteiger partial charge is 0.299 e. The van der Waals surface area contributed by atoms with Crippen molar-refractivity contribution < 1.29 is 18.5 Å². The molecule has 17 heavy (non-hydrogen) atoms. The minimum absolute atomic E-state index is 0.458. The summed E-state index contributed by atoms with van der Waals surface area (Å²) in [6, 6.07) is 1.28. The lowest BCUT2D eigenvalue weighted by molar-refractivity contribution is -0.386. The maximum absolute atomic E-state index is 12.5. The quantitative estimate of drug-likeness (QED) is 0.472. The van der Waals surface area contributed by atoms with Crippen LogP contribution in [-0.2, 0) is 0 Å². The van der Waals surface area contributed by atoms with Crippen molar-refractivity contribution in [3.8, 4) is 6.07 Å². The predicted molar refractivity (Wildman–Crippen MR) is 50.7 cm³/mol. The molecule has 0 radical (unpaired) electrons. The normalized spacial score (nSPS) is 10.1. The average Bonchev–Trinajstić information content (AvgIpc) is 2.26. The van der Waals surface area contributed by atoms with Crippen LogP contribution in [-0.4, -0.2) is 15.1 Å². The van der Waals surface area contributed by atoms with Crippen molar-refractivity contribution in [2.75, 3.05) is 0 Å². The number of nitro groups is 1. The Morgan fingerprint density at radius 1 is 1.65 bits per heavy atom. The molecule has 0 atom stereocenters. The molecular weight excluding hydrogens is 260 g/mol. The molecule has 1 aromatic rings. The molecule has 1 rings (SSSR count). The molecule has 0 saturated heterocycles. The molecule has 9 heteroatoms. The average molecular weight is 262 g/mol. The highest BCUT2D eigenvalue weighted by molar-refractivity contribution is 6.67. The van der Waals surface area contributed by atoms with Gasteiger partial charge in [0, 0.05) is 6.20 Å². The smallest absolute Gasteiger partial charge is 0.274 e. The number of carbonyl (C=O) groups excluding carboxylic acids is 1. The number of rotatable bonds is 3. The zero-order chi connectivity index (χ0) is 13.2. The highest BCUT2D eigenvalue weighted by Crippen LogP contribution is 2.32. The van der Waals surface area contributed by atoms with E-state index in [2.05, 4.69) is 4.98 Å². The van der Waals surface area contributed by atoms with Gasteiger partial charge in [-0.25, -0.2) is 13.8 Å². The van der Waals surface area contributed by atoms with Crippen molar-refractivity contribution in [2.24, 2.45) is 0 Å². The van der Waals surface area contributed by atoms with E-state index >= 15 is 0 Å². The summed E-state index contributed by atoms with van der Waals surface area (Å²) in [5, 5.41) is 18.0. The molecule has 1 heterocycles. The number of pyridine rings is 1. The molecule has 6 nitrogen and oxygen atoms in total. The van der Waals surface area contributed by atoms with Crippen molar-refractivity contribution in [3.63, 3.8) is 0 Å². The van der Waals surface area contributed by atoms with Gasteiger partial charge in [-0.05, 0) is 11.6 Å². The summed E-state index contributed by atoms with van der Waals surface area (Å²) >= 11 is 5.03. The lowest BCUT2D eigenvalue weighted by atomic mass is 10.1. The van der Waals surface area contributed by atoms with E-state index in [4.69, 9.17) is 16.9 Å². The lowest BCUT2D eigenvalue weighted by Crippen LogP contribution is -2.07. The van der Waals surface area contributed by atoms with Crippen molar-refractivity contribution in [1.82, 2.24) is 4.98 Å². The fraction of sp³-hybridized carbons (Fsp3) is 0.125. The van der Waals surface area contributed by atoms with Gasteiger partial charge in [-0.1, -0.05) is 0 Å². The molecule has 0 fully saturated rings. The standard InChI is InChI=1S/C8H2ClF2N3O3/c9-7(15)5-3(1-12)6(14(16)17)4(2-13-5)8(10)11/h2,8H. The van der Waals surface area contributed by atoms with E-state index in [0.717, 1.165) is 0 Å². The second kappa shape index (κ2) is 4.80. The molecule has 0 aliphatic rings. The summed E-state index contributed by atoms with van der Waals surface area (Å²) < 4.78 is 24.9. The third kappa shape index (κ3) is 2.34. The second-order valence-electron chi connectivity index (χ2n) is 2.73. The number of alkyl halides is 2. The third-order valence-electron chi connectivity index (χ3n) is 1.80. The van der Waals surface area contributed by atoms with Crippen LogP contribution in [0.15, 0.2) is 6.20 Å². The summed E-state index contributed by atoms with van der Waals surface area (Å²) in [4.78, 5) is 23.5. The van der Waals surface area contributed by atoms with Gasteiger partial charge in [-0.2, -0.15) is 5.26 Å². The lowest BCUT2D eigenvalue weighted by Gasteiger charge is -2.04. The highest BCUT2D eigenvalue weighted by Gasteiger charge is 2.30. The first kappa shape index (κ1) is 12.9. The number of carbonyl (C=O) groups is 1. The van der Waals surface area contributed by atoms with Crippen molar-refractivity contribution in [1.29, 1.82) is 5.26 Å². The molecule has 0 aliphatic heterocycles. The van der Waals surface area contributed by atoms with Crippen LogP contribution in [0.25, 0.3) is 0 Å². The van der Waals surface area contributed by atoms with Gasteiger partial charge in [0.15, 0.2) is 5.56 Å². The number of aromatic nitrogens is 1. The van der Waals surface area contributed by atoms with Gasteiger partial charge in [0.05, 0.1) is 4.92 Å². The number of halogens is 3. The van der Waals surface area contributed by atoms with Crippen LogP contribution in [0.4, 0.5) is 14.5 Å². The Bertz CT molecular complexity index is 542. The van der Waals surface area contributed by atoms with E-state index in [1.807, 2.05) is 0 Å². The van der Waals surface area contributed by atoms with Gasteiger partial charge in [-0.15, -0.1) is 0 Å². The number of hydrogen-bond acceptors (Lipinski definition) is 5. The second-order valence-corrected chi connectivity index (χ2v) is 3.07. The van der Waals surface area contributed by atoms with E-state index in [0.29, 0.717) is 6.20 Å². The maximum atomic E-state index is 12.5. The minimum atomic E-state index is -3.19. The number of hydrogen-bond donors (Lipinski definition) is 0. The van der Waals surface area contributed by atoms with Crippen LogP contribution in [0.1, 0.15) is 28.0 Å². The molecule has 88 valence electrons. The fourth-order valence-electron chi connectivity index (χ4n) is 1.13. The zero-order valence-electron chi connectivity index (χ0n) is 7.85. The molecule has 0 amide bonds. The number of nitrogens with zero attached hydrogens (tertiary/aromatic N) is 3. The Hall–Kier alpha value is -2.14. The Labute approximate surface area is 97.6 Å². The summed E-state index contributed by atoms with van der Waals surface area (Å²) in [7, 11) is 0. The Balaban J connectivity index is 3.69. The third-order valence-corrected chi connectivity index (χ3v) is 1.97. The van der Waals surface area contributed by atoms with Crippen LogP contribution < -0.4 is 0 Å². The van der Waals surface area contributed by atoms with Gasteiger partial charge in [-0.3, -0.25) is 14.9 Å². The van der Waals surface area contributed by atoms with Crippen LogP contribution in [0.3, 0.4) is 0 Å². The Morgan fingerprint density at radius 3 is 2.59 bits per heavy atom. The first-order valence-corrected chi connectivity index (χ1v) is 4.33. The molecule has 0 spiro atoms. The van der Waals surface area contributed by atoms with E-state index in [-0.39, 0.29) is 0 Å². The fourth-order valence-corrected chi connectivity index (χ4v) is 1.27. The van der Waals surface area contributed by atoms with Crippen LogP contribution in [0.2, 0.25) is 0 Å². The number of nitriles is 1. The highest BCUT2D eigenvalue weighted by atomic mass is 35.5. The SMILES string of the molecule is N#Cc1c(C(=O)Cl)ncc(C(F)F)c1[N+](=O)[O-]. The summed E-state index contributed by atoms with van der Waals surface area (Å²) in [5.41, 5.74) is -3.77. The first-order valence-electron chi connectivity index (χ1n) is 3.95. The van der Waals surface area contributed by atoms with Crippen molar-refractivity contribution >= 4 is 22.5 Å². The molecule has 0 unspecified atom stereocenters. The van der Waals surface area contributed by atoms with Gasteiger partial charge in [0.25, 0.3) is 17.4 Å². The van der Waals surface area contributed by atoms with E-state index in [9.17, 15) is 23.7 Å². The van der Waals surface area contributed by atoms with E-state index < -0.39 is 39.1 Å². The predicted octanol–water partition coefficient (Wildman–Crippen LogP) is 2.18. The Morgan fingerprint density at radius 2 is 2.24 bits per heavy atom. The molecule has 1 aromatic heterocycles. The molecule has 0 bridgehead atoms. The topological polar surface area (TPSA) is 96.9 Å². The molecule has 0 N–H and O–H groups in total. The minimum Gasteiger partial charge on any atom is -0.274 e. The molecule has 0 saturated carbocycles. The Kier molecular flexibility index (Phi) is 3.65. The van der Waals surface area contributed by atoms with Gasteiger partial charge < -0.3 is 0 Å². The maximum Gasteiger partial charge on any atom is 0.299 e. The van der Waals surface area contributed by atoms with Gasteiger partial charge in [0.1, 0.15) is 17.3 Å². The van der Waals surface area contributed by atoms with Gasteiger partial charge >= 0.3 is 0 Å². The zero-order valence-corrected chi connectivity index (χ0v) is 8.61. The molecular formula is C8H2ClF2N3O3. The van der Waals surface area contributed by atoms with Crippen molar-refractivity contribution in [3.05, 3.63) is 33.1 Å². The van der Waals surface area contributed by atoms with Crippen LogP contribution in [0, 0.1) is 21.4 Å². The first-order chi connectivity index (χ1) is 7.90. The van der Waals surface area contributed by atoms with Crippen LogP contribution >= 0.6 is 11.6 Å². The summed E-state index contributed by atoms with van der Waals surface area (Å²) in [6.45, 7) is 0. The molecule has 0 aliphatic carbocycles. The van der Waals surface area contributed by atoms with E-state index in [1.54, 1.807) is 0 Å². The van der Waals surface area contributed by atoms with Gasteiger partial charge in [0.2, 0.25) is 0 Å². The summed E-state index contributed by atoms with van der Waals surface area (Å²) in [6.07, 6.45) is -2.73.